The summed E-state index contributed by atoms with van der Waals surface area (Å²) in [5, 5.41) is 16.7. The van der Waals surface area contributed by atoms with Crippen molar-refractivity contribution < 1.29 is 19.5 Å². The predicted octanol–water partition coefficient (Wildman–Crippen LogP) is 4.06. The van der Waals surface area contributed by atoms with Crippen molar-refractivity contribution in [3.05, 3.63) is 65.2 Å². The van der Waals surface area contributed by atoms with E-state index < -0.39 is 28.7 Å². The summed E-state index contributed by atoms with van der Waals surface area (Å²) in [4.78, 5) is 43.8. The van der Waals surface area contributed by atoms with Gasteiger partial charge in [0.25, 0.3) is 0 Å². The number of hydrogen-bond acceptors (Lipinski definition) is 5. The van der Waals surface area contributed by atoms with Crippen LogP contribution in [0, 0.1) is 31.6 Å². The number of nitrogens with zero attached hydrogens (tertiary/aromatic N) is 1. The van der Waals surface area contributed by atoms with Crippen LogP contribution in [0.4, 0.5) is 5.69 Å². The molecule has 0 radical (unpaired) electrons. The number of hydrogen-bond donors (Lipinski definition) is 3. The predicted molar refractivity (Wildman–Crippen MR) is 154 cm³/mol. The number of aliphatic hydroxyl groups is 1. The second kappa shape index (κ2) is 11.0. The van der Waals surface area contributed by atoms with Crippen molar-refractivity contribution in [3.8, 4) is 0 Å². The van der Waals surface area contributed by atoms with Crippen LogP contribution in [0.5, 0.6) is 0 Å². The first-order valence-electron chi connectivity index (χ1n) is 14.0. The summed E-state index contributed by atoms with van der Waals surface area (Å²) >= 11 is 1.65. The Morgan fingerprint density at radius 2 is 1.79 bits per heavy atom. The number of amides is 3. The van der Waals surface area contributed by atoms with Gasteiger partial charge in [0, 0.05) is 17.5 Å². The SMILES string of the molecule is CC[C@H](C)[C@H](CO)N1C(=O)[C@@H]2[C@H](C(=O)NCc3ccccc3)[C@@H]3CCC2(S3)C1C(=O)Nc1c(C)cccc1C. The maximum Gasteiger partial charge on any atom is 0.248 e. The summed E-state index contributed by atoms with van der Waals surface area (Å²) < 4.78 is -0.696. The van der Waals surface area contributed by atoms with Crippen LogP contribution in [0.2, 0.25) is 0 Å². The molecule has 2 aromatic rings. The molecule has 0 aliphatic carbocycles. The first-order valence-corrected chi connectivity index (χ1v) is 14.9. The maximum absolute atomic E-state index is 14.3. The fraction of sp³-hybridized carbons (Fsp3) is 0.516. The molecular formula is C31H39N3O4S. The summed E-state index contributed by atoms with van der Waals surface area (Å²) in [5.74, 6) is -1.64. The molecule has 0 saturated carbocycles. The van der Waals surface area contributed by atoms with Gasteiger partial charge in [0.1, 0.15) is 6.04 Å². The van der Waals surface area contributed by atoms with Gasteiger partial charge in [-0.3, -0.25) is 14.4 Å². The highest BCUT2D eigenvalue weighted by molar-refractivity contribution is 8.02. The van der Waals surface area contributed by atoms with Gasteiger partial charge >= 0.3 is 0 Å². The van der Waals surface area contributed by atoms with Gasteiger partial charge in [-0.15, -0.1) is 11.8 Å². The Balaban J connectivity index is 1.50. The summed E-state index contributed by atoms with van der Waals surface area (Å²) in [6.07, 6.45) is 2.24. The van der Waals surface area contributed by atoms with Crippen molar-refractivity contribution in [2.24, 2.45) is 17.8 Å². The smallest absolute Gasteiger partial charge is 0.248 e. The Labute approximate surface area is 235 Å². The van der Waals surface area contributed by atoms with Gasteiger partial charge in [0.15, 0.2) is 0 Å². The largest absolute Gasteiger partial charge is 0.394 e. The number of likely N-dealkylation sites (tertiary alicyclic amines) is 1. The van der Waals surface area contributed by atoms with E-state index in [1.54, 1.807) is 16.7 Å². The van der Waals surface area contributed by atoms with Crippen LogP contribution < -0.4 is 10.6 Å². The highest BCUT2D eigenvalue weighted by atomic mass is 32.2. The number of rotatable bonds is 9. The molecule has 2 bridgehead atoms. The Morgan fingerprint density at radius 3 is 2.44 bits per heavy atom. The maximum atomic E-state index is 14.3. The summed E-state index contributed by atoms with van der Waals surface area (Å²) in [5.41, 5.74) is 3.66. The standard InChI is InChI=1S/C31H39N3O4S/c1-5-18(2)22(17-35)34-27(29(37)33-26-19(3)10-9-11-20(26)4)31-15-14-23(39-31)24(25(31)30(34)38)28(36)32-16-21-12-7-6-8-13-21/h6-13,18,22-25,27,35H,5,14-17H2,1-4H3,(H,32,36)(H,33,37)/t18-,22-,23-,24+,25-,27?,31?/m0/s1. The van der Waals surface area contributed by atoms with Crippen LogP contribution >= 0.6 is 11.8 Å². The van der Waals surface area contributed by atoms with E-state index >= 15 is 0 Å². The first-order chi connectivity index (χ1) is 18.7. The monoisotopic (exact) mass is 549 g/mol. The van der Waals surface area contributed by atoms with Crippen LogP contribution in [0.15, 0.2) is 48.5 Å². The summed E-state index contributed by atoms with van der Waals surface area (Å²) in [6, 6.07) is 14.4. The van der Waals surface area contributed by atoms with E-state index in [-0.39, 0.29) is 35.5 Å². The van der Waals surface area contributed by atoms with Crippen LogP contribution in [0.3, 0.4) is 0 Å². The van der Waals surface area contributed by atoms with Crippen molar-refractivity contribution in [2.45, 2.75) is 75.6 Å². The van der Waals surface area contributed by atoms with Gasteiger partial charge < -0.3 is 20.6 Å². The van der Waals surface area contributed by atoms with E-state index in [1.807, 2.05) is 76.2 Å². The van der Waals surface area contributed by atoms with E-state index in [0.717, 1.165) is 35.2 Å². The van der Waals surface area contributed by atoms with Crippen molar-refractivity contribution in [1.82, 2.24) is 10.2 Å². The van der Waals surface area contributed by atoms with Gasteiger partial charge in [-0.25, -0.2) is 0 Å². The third kappa shape index (κ3) is 4.65. The minimum Gasteiger partial charge on any atom is -0.394 e. The molecule has 8 heteroatoms. The first kappa shape index (κ1) is 27.7. The van der Waals surface area contributed by atoms with Crippen LogP contribution in [-0.4, -0.2) is 56.4 Å². The van der Waals surface area contributed by atoms with Crippen molar-refractivity contribution in [3.63, 3.8) is 0 Å². The van der Waals surface area contributed by atoms with Gasteiger partial charge in [0.2, 0.25) is 17.7 Å². The molecule has 7 atom stereocenters. The van der Waals surface area contributed by atoms with Gasteiger partial charge in [-0.2, -0.15) is 0 Å². The Kier molecular flexibility index (Phi) is 7.80. The van der Waals surface area contributed by atoms with Crippen molar-refractivity contribution in [1.29, 1.82) is 0 Å². The fourth-order valence-electron chi connectivity index (χ4n) is 6.97. The number of carbonyl (C=O) groups is 3. The molecule has 3 aliphatic heterocycles. The van der Waals surface area contributed by atoms with Gasteiger partial charge in [-0.05, 0) is 49.3 Å². The molecule has 7 nitrogen and oxygen atoms in total. The molecule has 39 heavy (non-hydrogen) atoms. The zero-order chi connectivity index (χ0) is 27.9. The number of anilines is 1. The number of para-hydroxylation sites is 1. The molecule has 1 spiro atoms. The third-order valence-electron chi connectivity index (χ3n) is 9.17. The molecule has 3 amide bonds. The lowest BCUT2D eigenvalue weighted by molar-refractivity contribution is -0.143. The molecule has 3 aliphatic rings. The number of thioether (sulfide) groups is 1. The lowest BCUT2D eigenvalue weighted by atomic mass is 9.70. The van der Waals surface area contributed by atoms with Gasteiger partial charge in [-0.1, -0.05) is 68.8 Å². The lowest BCUT2D eigenvalue weighted by Crippen LogP contribution is -2.56. The molecule has 3 N–H and O–H groups in total. The highest BCUT2D eigenvalue weighted by Crippen LogP contribution is 2.66. The van der Waals surface area contributed by atoms with Crippen LogP contribution in [0.25, 0.3) is 0 Å². The van der Waals surface area contributed by atoms with Gasteiger partial charge in [0.05, 0.1) is 29.2 Å². The Hall–Kier alpha value is -2.84. The highest BCUT2D eigenvalue weighted by Gasteiger charge is 2.74. The number of fused-ring (bicyclic) bond motifs is 1. The minimum absolute atomic E-state index is 0.00256. The molecule has 5 rings (SSSR count). The van der Waals surface area contributed by atoms with Crippen LogP contribution in [0.1, 0.15) is 49.8 Å². The minimum atomic E-state index is -0.762. The average Bonchev–Trinajstić information content (AvgIpc) is 3.58. The van der Waals surface area contributed by atoms with Crippen LogP contribution in [-0.2, 0) is 20.9 Å². The van der Waals surface area contributed by atoms with E-state index in [1.165, 1.54) is 0 Å². The van der Waals surface area contributed by atoms with E-state index in [4.69, 9.17) is 0 Å². The fourth-order valence-corrected chi connectivity index (χ4v) is 9.17. The Morgan fingerprint density at radius 1 is 1.10 bits per heavy atom. The average molecular weight is 550 g/mol. The third-order valence-corrected chi connectivity index (χ3v) is 11.1. The van der Waals surface area contributed by atoms with E-state index in [9.17, 15) is 19.5 Å². The number of benzene rings is 2. The molecule has 3 saturated heterocycles. The topological polar surface area (TPSA) is 98.7 Å². The summed E-state index contributed by atoms with van der Waals surface area (Å²) in [7, 11) is 0. The second-order valence-corrected chi connectivity index (χ2v) is 13.0. The molecule has 3 heterocycles. The molecule has 0 aromatic heterocycles. The Bertz CT molecular complexity index is 1230. The van der Waals surface area contributed by atoms with Crippen molar-refractivity contribution in [2.75, 3.05) is 11.9 Å². The number of carbonyl (C=O) groups excluding carboxylic acids is 3. The molecule has 3 fully saturated rings. The number of aryl methyl sites for hydroxylation is 2. The zero-order valence-electron chi connectivity index (χ0n) is 23.1. The summed E-state index contributed by atoms with van der Waals surface area (Å²) in [6.45, 7) is 8.12. The molecule has 2 aromatic carbocycles. The molecule has 2 unspecified atom stereocenters. The van der Waals surface area contributed by atoms with E-state index in [2.05, 4.69) is 10.6 Å². The second-order valence-electron chi connectivity index (χ2n) is 11.4. The molecule has 208 valence electrons. The zero-order valence-corrected chi connectivity index (χ0v) is 24.0. The number of aliphatic hydroxyl groups excluding tert-OH is 1. The lowest BCUT2D eigenvalue weighted by Gasteiger charge is -2.39. The van der Waals surface area contributed by atoms with Crippen molar-refractivity contribution >= 4 is 35.2 Å². The van der Waals surface area contributed by atoms with E-state index in [0.29, 0.717) is 13.0 Å². The number of nitrogens with one attached hydrogen (secondary N) is 2. The quantitative estimate of drug-likeness (QED) is 0.438. The normalized spacial score (nSPS) is 28.7. The molecular weight excluding hydrogens is 510 g/mol.